The Morgan fingerprint density at radius 3 is 2.43 bits per heavy atom. The van der Waals surface area contributed by atoms with E-state index in [1.807, 2.05) is 0 Å². The van der Waals surface area contributed by atoms with E-state index in [1.54, 1.807) is 12.1 Å². The lowest BCUT2D eigenvalue weighted by Gasteiger charge is -2.35. The van der Waals surface area contributed by atoms with E-state index in [-0.39, 0.29) is 24.7 Å². The number of hydrogen-bond acceptors (Lipinski definition) is 6. The van der Waals surface area contributed by atoms with Crippen molar-refractivity contribution in [3.63, 3.8) is 0 Å². The summed E-state index contributed by atoms with van der Waals surface area (Å²) >= 11 is 0. The second-order valence-electron chi connectivity index (χ2n) is 8.44. The minimum atomic E-state index is -4.62. The van der Waals surface area contributed by atoms with Gasteiger partial charge in [-0.15, -0.1) is 0 Å². The highest BCUT2D eigenvalue weighted by molar-refractivity contribution is 5.87. The molecule has 1 unspecified atom stereocenters. The van der Waals surface area contributed by atoms with Gasteiger partial charge in [-0.25, -0.2) is 0 Å². The average Bonchev–Trinajstić information content (AvgIpc) is 3.50. The third kappa shape index (κ3) is 2.76. The minimum Gasteiger partial charge on any atom is -0.340 e. The summed E-state index contributed by atoms with van der Waals surface area (Å²) in [6.45, 7) is 1.22. The maximum absolute atomic E-state index is 14.3. The molecule has 1 atom stereocenters. The number of nitrogens with zero attached hydrogens (tertiary/aromatic N) is 5. The molecular formula is C20H22F3N5O2. The number of rotatable bonds is 3. The molecule has 0 N–H and O–H groups in total. The van der Waals surface area contributed by atoms with Gasteiger partial charge >= 0.3 is 6.18 Å². The fraction of sp³-hybridized carbons (Fsp3) is 0.600. The second-order valence-corrected chi connectivity index (χ2v) is 8.44. The molecule has 30 heavy (non-hydrogen) atoms. The Hall–Kier alpha value is -2.49. The zero-order chi connectivity index (χ0) is 21.0. The summed E-state index contributed by atoms with van der Waals surface area (Å²) in [5.41, 5.74) is -2.45. The van der Waals surface area contributed by atoms with Crippen molar-refractivity contribution in [1.82, 2.24) is 24.9 Å². The molecule has 0 aromatic carbocycles. The number of alkyl halides is 3. The molecule has 5 rings (SSSR count). The number of likely N-dealkylation sites (tertiary alicyclic amines) is 1. The number of carbonyl (C=O) groups is 1. The quantitative estimate of drug-likeness (QED) is 0.759. The standard InChI is InChI=1S/C20H22F3N5O2/c21-20(22,23)18(16-25-15(26-30-16)14-3-8-24-9-4-14)7-12-27(13-18)17(29)19-5-1-10-28(19)11-2-6-19/h3-4,8-9H,1-2,5-7,10-13H2. The van der Waals surface area contributed by atoms with Crippen molar-refractivity contribution in [1.29, 1.82) is 0 Å². The van der Waals surface area contributed by atoms with Crippen LogP contribution in [-0.2, 0) is 10.2 Å². The summed E-state index contributed by atoms with van der Waals surface area (Å²) in [5.74, 6) is -0.584. The highest BCUT2D eigenvalue weighted by Gasteiger charge is 2.65. The van der Waals surface area contributed by atoms with E-state index < -0.39 is 29.6 Å². The zero-order valence-electron chi connectivity index (χ0n) is 16.4. The Labute approximate surface area is 171 Å². The molecule has 10 heteroatoms. The molecule has 1 amide bonds. The highest BCUT2D eigenvalue weighted by Crippen LogP contribution is 2.49. The average molecular weight is 421 g/mol. The zero-order valence-corrected chi connectivity index (χ0v) is 16.4. The summed E-state index contributed by atoms with van der Waals surface area (Å²) in [7, 11) is 0. The smallest absolute Gasteiger partial charge is 0.340 e. The lowest BCUT2D eigenvalue weighted by atomic mass is 9.86. The number of fused-ring (bicyclic) bond motifs is 1. The normalized spacial score (nSPS) is 26.3. The summed E-state index contributed by atoms with van der Waals surface area (Å²) in [4.78, 5) is 24.9. The van der Waals surface area contributed by atoms with Crippen LogP contribution in [0.3, 0.4) is 0 Å². The third-order valence-electron chi connectivity index (χ3n) is 6.91. The second kappa shape index (κ2) is 6.76. The molecule has 3 aliphatic heterocycles. The largest absolute Gasteiger partial charge is 0.405 e. The molecule has 0 radical (unpaired) electrons. The lowest BCUT2D eigenvalue weighted by molar-refractivity contribution is -0.194. The topological polar surface area (TPSA) is 75.4 Å². The molecule has 0 aliphatic carbocycles. The van der Waals surface area contributed by atoms with E-state index in [9.17, 15) is 18.0 Å². The van der Waals surface area contributed by atoms with Crippen molar-refractivity contribution >= 4 is 5.91 Å². The summed E-state index contributed by atoms with van der Waals surface area (Å²) in [5, 5.41) is 3.76. The van der Waals surface area contributed by atoms with Gasteiger partial charge in [0.2, 0.25) is 17.6 Å². The predicted octanol–water partition coefficient (Wildman–Crippen LogP) is 2.79. The molecule has 3 fully saturated rings. The summed E-state index contributed by atoms with van der Waals surface area (Å²) in [6.07, 6.45) is 1.36. The van der Waals surface area contributed by atoms with E-state index in [0.717, 1.165) is 25.9 Å². The number of amides is 1. The Kier molecular flexibility index (Phi) is 4.39. The van der Waals surface area contributed by atoms with Gasteiger partial charge in [-0.3, -0.25) is 14.7 Å². The van der Waals surface area contributed by atoms with E-state index in [0.29, 0.717) is 18.4 Å². The molecule has 0 bridgehead atoms. The Bertz CT molecular complexity index is 937. The first kappa shape index (κ1) is 19.5. The summed E-state index contributed by atoms with van der Waals surface area (Å²) < 4.78 is 48.0. The van der Waals surface area contributed by atoms with Crippen LogP contribution in [0.5, 0.6) is 0 Å². The van der Waals surface area contributed by atoms with Crippen LogP contribution in [0, 0.1) is 0 Å². The van der Waals surface area contributed by atoms with Crippen LogP contribution in [0.15, 0.2) is 29.0 Å². The van der Waals surface area contributed by atoms with Crippen molar-refractivity contribution in [3.05, 3.63) is 30.4 Å². The summed E-state index contributed by atoms with van der Waals surface area (Å²) in [6, 6.07) is 3.21. The van der Waals surface area contributed by atoms with Crippen LogP contribution in [-0.4, -0.2) is 68.7 Å². The van der Waals surface area contributed by atoms with Crippen molar-refractivity contribution < 1.29 is 22.5 Å². The molecule has 0 spiro atoms. The molecule has 7 nitrogen and oxygen atoms in total. The molecule has 3 saturated heterocycles. The number of carbonyl (C=O) groups excluding carboxylic acids is 1. The lowest BCUT2D eigenvalue weighted by Crippen LogP contribution is -2.54. The van der Waals surface area contributed by atoms with E-state index in [2.05, 4.69) is 20.0 Å². The fourth-order valence-electron chi connectivity index (χ4n) is 5.30. The van der Waals surface area contributed by atoms with Crippen LogP contribution in [0.2, 0.25) is 0 Å². The Morgan fingerprint density at radius 2 is 1.77 bits per heavy atom. The van der Waals surface area contributed by atoms with Crippen molar-refractivity contribution in [2.45, 2.75) is 49.2 Å². The van der Waals surface area contributed by atoms with E-state index in [4.69, 9.17) is 4.52 Å². The third-order valence-corrected chi connectivity index (χ3v) is 6.91. The molecule has 160 valence electrons. The van der Waals surface area contributed by atoms with Gasteiger partial charge in [-0.05, 0) is 57.3 Å². The number of halogens is 3. The molecule has 2 aromatic heterocycles. The van der Waals surface area contributed by atoms with Crippen molar-refractivity contribution in [2.75, 3.05) is 26.2 Å². The maximum atomic E-state index is 14.3. The fourth-order valence-corrected chi connectivity index (χ4v) is 5.30. The Morgan fingerprint density at radius 1 is 1.07 bits per heavy atom. The van der Waals surface area contributed by atoms with E-state index >= 15 is 0 Å². The van der Waals surface area contributed by atoms with Gasteiger partial charge in [0, 0.05) is 31.0 Å². The van der Waals surface area contributed by atoms with Crippen LogP contribution >= 0.6 is 0 Å². The molecule has 0 saturated carbocycles. The van der Waals surface area contributed by atoms with Crippen LogP contribution in [0.4, 0.5) is 13.2 Å². The molecule has 5 heterocycles. The van der Waals surface area contributed by atoms with Gasteiger partial charge in [-0.2, -0.15) is 18.2 Å². The first-order chi connectivity index (χ1) is 14.4. The monoisotopic (exact) mass is 421 g/mol. The minimum absolute atomic E-state index is 0.0287. The Balaban J connectivity index is 1.45. The van der Waals surface area contributed by atoms with Crippen molar-refractivity contribution in [2.24, 2.45) is 0 Å². The number of pyridine rings is 1. The van der Waals surface area contributed by atoms with Gasteiger partial charge in [0.1, 0.15) is 5.54 Å². The first-order valence-electron chi connectivity index (χ1n) is 10.2. The SMILES string of the molecule is O=C(N1CCC(c2nc(-c3ccncc3)no2)(C(F)(F)F)C1)C12CCCN1CCC2. The van der Waals surface area contributed by atoms with Crippen LogP contribution in [0.25, 0.3) is 11.4 Å². The molecule has 2 aromatic rings. The van der Waals surface area contributed by atoms with Gasteiger partial charge in [0.25, 0.3) is 0 Å². The van der Waals surface area contributed by atoms with E-state index in [1.165, 1.54) is 17.3 Å². The number of aromatic nitrogens is 3. The molecule has 3 aliphatic rings. The van der Waals surface area contributed by atoms with Crippen LogP contribution < -0.4 is 0 Å². The predicted molar refractivity (Wildman–Crippen MR) is 99.2 cm³/mol. The van der Waals surface area contributed by atoms with Gasteiger partial charge < -0.3 is 9.42 Å². The van der Waals surface area contributed by atoms with Gasteiger partial charge in [0.05, 0.1) is 0 Å². The van der Waals surface area contributed by atoms with Gasteiger partial charge in [0.15, 0.2) is 5.41 Å². The number of hydrogen-bond donors (Lipinski definition) is 0. The van der Waals surface area contributed by atoms with Gasteiger partial charge in [-0.1, -0.05) is 5.16 Å². The molecular weight excluding hydrogens is 399 g/mol. The highest BCUT2D eigenvalue weighted by atomic mass is 19.4. The maximum Gasteiger partial charge on any atom is 0.405 e. The first-order valence-corrected chi connectivity index (χ1v) is 10.2. The van der Waals surface area contributed by atoms with Crippen molar-refractivity contribution in [3.8, 4) is 11.4 Å². The van der Waals surface area contributed by atoms with Crippen LogP contribution in [0.1, 0.15) is 38.0 Å².